The van der Waals surface area contributed by atoms with Crippen LogP contribution in [0.15, 0.2) is 23.6 Å². The molecule has 0 spiro atoms. The topological polar surface area (TPSA) is 104 Å². The lowest BCUT2D eigenvalue weighted by atomic mass is 10.1. The van der Waals surface area contributed by atoms with Gasteiger partial charge in [-0.05, 0) is 38.3 Å². The van der Waals surface area contributed by atoms with Gasteiger partial charge in [-0.2, -0.15) is 5.10 Å². The van der Waals surface area contributed by atoms with Crippen LogP contribution in [0, 0.1) is 0 Å². The van der Waals surface area contributed by atoms with Gasteiger partial charge in [0.2, 0.25) is 0 Å². The predicted molar refractivity (Wildman–Crippen MR) is 91.1 cm³/mol. The minimum atomic E-state index is -1.10. The van der Waals surface area contributed by atoms with E-state index < -0.39 is 17.9 Å². The van der Waals surface area contributed by atoms with E-state index in [0.29, 0.717) is 0 Å². The van der Waals surface area contributed by atoms with Crippen LogP contribution in [0.4, 0.5) is 0 Å². The number of nitrogens with one attached hydrogen (secondary N) is 2. The van der Waals surface area contributed by atoms with Crippen LogP contribution in [-0.2, 0) is 9.53 Å². The summed E-state index contributed by atoms with van der Waals surface area (Å²) in [5.74, 6) is -1.63. The SMILES string of the molecule is CC(C)(C)OCCC(NC(=O)c1cc(-c2cccs2)[nH]n1)C(=O)O. The first-order valence-corrected chi connectivity index (χ1v) is 8.41. The number of rotatable bonds is 7. The summed E-state index contributed by atoms with van der Waals surface area (Å²) < 4.78 is 5.52. The van der Waals surface area contributed by atoms with Crippen LogP contribution >= 0.6 is 11.3 Å². The average molecular weight is 351 g/mol. The Hall–Kier alpha value is -2.19. The van der Waals surface area contributed by atoms with E-state index in [1.165, 1.54) is 11.3 Å². The van der Waals surface area contributed by atoms with Gasteiger partial charge >= 0.3 is 5.97 Å². The first kappa shape index (κ1) is 18.2. The number of carboxylic acids is 1. The van der Waals surface area contributed by atoms with Gasteiger partial charge in [-0.15, -0.1) is 11.3 Å². The first-order valence-electron chi connectivity index (χ1n) is 7.53. The second-order valence-corrected chi connectivity index (χ2v) is 7.21. The number of H-pyrrole nitrogens is 1. The van der Waals surface area contributed by atoms with E-state index in [1.807, 2.05) is 38.3 Å². The molecule has 2 heterocycles. The highest BCUT2D eigenvalue weighted by molar-refractivity contribution is 7.13. The zero-order valence-corrected chi connectivity index (χ0v) is 14.6. The first-order chi connectivity index (χ1) is 11.3. The molecule has 2 aromatic heterocycles. The van der Waals surface area contributed by atoms with Crippen molar-refractivity contribution < 1.29 is 19.4 Å². The van der Waals surface area contributed by atoms with Gasteiger partial charge in [0.05, 0.1) is 16.2 Å². The molecule has 0 saturated carbocycles. The number of amides is 1. The van der Waals surface area contributed by atoms with Gasteiger partial charge in [-0.3, -0.25) is 9.89 Å². The van der Waals surface area contributed by atoms with Gasteiger partial charge in [-0.1, -0.05) is 6.07 Å². The maximum absolute atomic E-state index is 12.2. The molecule has 3 N–H and O–H groups in total. The van der Waals surface area contributed by atoms with Crippen LogP contribution in [0.5, 0.6) is 0 Å². The largest absolute Gasteiger partial charge is 0.480 e. The van der Waals surface area contributed by atoms with Crippen molar-refractivity contribution in [3.63, 3.8) is 0 Å². The van der Waals surface area contributed by atoms with Gasteiger partial charge in [0.15, 0.2) is 5.69 Å². The summed E-state index contributed by atoms with van der Waals surface area (Å²) in [5.41, 5.74) is 0.518. The Morgan fingerprint density at radius 1 is 1.46 bits per heavy atom. The summed E-state index contributed by atoms with van der Waals surface area (Å²) in [6.45, 7) is 5.90. The highest BCUT2D eigenvalue weighted by Crippen LogP contribution is 2.22. The van der Waals surface area contributed by atoms with Crippen molar-refractivity contribution in [3.05, 3.63) is 29.3 Å². The standard InChI is InChI=1S/C16H21N3O4S/c1-16(2,3)23-7-6-10(15(21)22)17-14(20)12-9-11(18-19-12)13-5-4-8-24-13/h4-5,8-10H,6-7H2,1-3H3,(H,17,20)(H,18,19)(H,21,22). The van der Waals surface area contributed by atoms with E-state index in [2.05, 4.69) is 15.5 Å². The van der Waals surface area contributed by atoms with Gasteiger partial charge in [-0.25, -0.2) is 4.79 Å². The van der Waals surface area contributed by atoms with Crippen LogP contribution in [-0.4, -0.2) is 45.4 Å². The molecule has 24 heavy (non-hydrogen) atoms. The van der Waals surface area contributed by atoms with Crippen molar-refractivity contribution in [1.29, 1.82) is 0 Å². The molecule has 0 saturated heterocycles. The molecule has 1 atom stereocenters. The third-order valence-electron chi connectivity index (χ3n) is 3.14. The molecule has 130 valence electrons. The Labute approximate surface area is 144 Å². The molecule has 0 aliphatic carbocycles. The number of hydrogen-bond acceptors (Lipinski definition) is 5. The average Bonchev–Trinajstić information content (AvgIpc) is 3.15. The fourth-order valence-electron chi connectivity index (χ4n) is 1.97. The molecular weight excluding hydrogens is 330 g/mol. The normalized spacial score (nSPS) is 12.8. The lowest BCUT2D eigenvalue weighted by molar-refractivity contribution is -0.140. The molecule has 2 rings (SSSR count). The summed E-state index contributed by atoms with van der Waals surface area (Å²) in [6.07, 6.45) is 0.181. The molecule has 7 nitrogen and oxygen atoms in total. The van der Waals surface area contributed by atoms with Crippen molar-refractivity contribution in [3.8, 4) is 10.6 Å². The Kier molecular flexibility index (Phi) is 5.74. The quantitative estimate of drug-likeness (QED) is 0.711. The number of aliphatic carboxylic acids is 1. The Morgan fingerprint density at radius 3 is 2.79 bits per heavy atom. The fraction of sp³-hybridized carbons (Fsp3) is 0.438. The van der Waals surface area contributed by atoms with Crippen molar-refractivity contribution in [2.45, 2.75) is 38.8 Å². The number of carbonyl (C=O) groups excluding carboxylic acids is 1. The molecular formula is C16H21N3O4S. The molecule has 0 aliphatic heterocycles. The van der Waals surface area contributed by atoms with Crippen molar-refractivity contribution in [2.24, 2.45) is 0 Å². The third kappa shape index (κ3) is 5.17. The summed E-state index contributed by atoms with van der Waals surface area (Å²) in [7, 11) is 0. The molecule has 0 aromatic carbocycles. The molecule has 0 radical (unpaired) electrons. The molecule has 0 aliphatic rings. The van der Waals surface area contributed by atoms with Crippen LogP contribution in [0.1, 0.15) is 37.7 Å². The predicted octanol–water partition coefficient (Wildman–Crippen LogP) is 2.53. The van der Waals surface area contributed by atoms with E-state index in [4.69, 9.17) is 4.74 Å². The Balaban J connectivity index is 1.96. The number of thiophene rings is 1. The highest BCUT2D eigenvalue weighted by atomic mass is 32.1. The molecule has 1 unspecified atom stereocenters. The minimum Gasteiger partial charge on any atom is -0.480 e. The number of carboxylic acid groups (broad SMARTS) is 1. The zero-order chi connectivity index (χ0) is 17.7. The number of nitrogens with zero attached hydrogens (tertiary/aromatic N) is 1. The van der Waals surface area contributed by atoms with Crippen molar-refractivity contribution in [1.82, 2.24) is 15.5 Å². The zero-order valence-electron chi connectivity index (χ0n) is 13.8. The van der Waals surface area contributed by atoms with Gasteiger partial charge in [0.25, 0.3) is 5.91 Å². The summed E-state index contributed by atoms with van der Waals surface area (Å²) in [4.78, 5) is 24.5. The second kappa shape index (κ2) is 7.59. The van der Waals surface area contributed by atoms with Gasteiger partial charge in [0.1, 0.15) is 6.04 Å². The fourth-order valence-corrected chi connectivity index (χ4v) is 2.66. The number of carbonyl (C=O) groups is 2. The van der Waals surface area contributed by atoms with E-state index in [1.54, 1.807) is 6.07 Å². The second-order valence-electron chi connectivity index (χ2n) is 6.26. The molecule has 0 bridgehead atoms. The van der Waals surface area contributed by atoms with Crippen LogP contribution < -0.4 is 5.32 Å². The van der Waals surface area contributed by atoms with Crippen molar-refractivity contribution in [2.75, 3.05) is 6.61 Å². The molecule has 8 heteroatoms. The van der Waals surface area contributed by atoms with Gasteiger partial charge < -0.3 is 15.2 Å². The highest BCUT2D eigenvalue weighted by Gasteiger charge is 2.23. The molecule has 0 fully saturated rings. The lowest BCUT2D eigenvalue weighted by Crippen LogP contribution is -2.42. The number of hydrogen-bond donors (Lipinski definition) is 3. The van der Waals surface area contributed by atoms with Crippen molar-refractivity contribution >= 4 is 23.2 Å². The van der Waals surface area contributed by atoms with E-state index in [9.17, 15) is 14.7 Å². The van der Waals surface area contributed by atoms with Gasteiger partial charge in [0, 0.05) is 13.0 Å². The Morgan fingerprint density at radius 2 is 2.21 bits per heavy atom. The smallest absolute Gasteiger partial charge is 0.326 e. The number of aromatic nitrogens is 2. The van der Waals surface area contributed by atoms with Crippen LogP contribution in [0.25, 0.3) is 10.6 Å². The monoisotopic (exact) mass is 351 g/mol. The summed E-state index contributed by atoms with van der Waals surface area (Å²) in [5, 5.41) is 20.4. The van der Waals surface area contributed by atoms with E-state index in [-0.39, 0.29) is 24.3 Å². The molecule has 1 amide bonds. The third-order valence-corrected chi connectivity index (χ3v) is 4.05. The van der Waals surface area contributed by atoms with E-state index in [0.717, 1.165) is 10.6 Å². The maximum Gasteiger partial charge on any atom is 0.326 e. The number of ether oxygens (including phenoxy) is 1. The molecule has 2 aromatic rings. The number of aromatic amines is 1. The van der Waals surface area contributed by atoms with Crippen LogP contribution in [0.3, 0.4) is 0 Å². The summed E-state index contributed by atoms with van der Waals surface area (Å²) >= 11 is 1.52. The van der Waals surface area contributed by atoms with E-state index >= 15 is 0 Å². The van der Waals surface area contributed by atoms with Crippen LogP contribution in [0.2, 0.25) is 0 Å². The summed E-state index contributed by atoms with van der Waals surface area (Å²) in [6, 6.07) is 4.38. The minimum absolute atomic E-state index is 0.154. The Bertz CT molecular complexity index is 688. The lowest BCUT2D eigenvalue weighted by Gasteiger charge is -2.21. The maximum atomic E-state index is 12.2.